The fourth-order valence-corrected chi connectivity index (χ4v) is 4.93. The Morgan fingerprint density at radius 2 is 1.84 bits per heavy atom. The first-order valence-electron chi connectivity index (χ1n) is 12.5. The van der Waals surface area contributed by atoms with E-state index in [2.05, 4.69) is 6.92 Å². The van der Waals surface area contributed by atoms with E-state index in [0.717, 1.165) is 18.4 Å². The van der Waals surface area contributed by atoms with Gasteiger partial charge in [0.05, 0.1) is 25.2 Å². The van der Waals surface area contributed by atoms with Gasteiger partial charge in [0.15, 0.2) is 11.5 Å². The maximum atomic E-state index is 13.6. The summed E-state index contributed by atoms with van der Waals surface area (Å²) in [6.45, 7) is 3.85. The van der Waals surface area contributed by atoms with Crippen molar-refractivity contribution in [3.63, 3.8) is 0 Å². The molecule has 37 heavy (non-hydrogen) atoms. The number of benzene rings is 1. The number of carbonyl (C=O) groups excluding carboxylic acids is 1. The minimum atomic E-state index is -0.262. The number of hydrogen-bond donors (Lipinski definition) is 1. The molecule has 0 spiro atoms. The first-order valence-corrected chi connectivity index (χ1v) is 12.5. The van der Waals surface area contributed by atoms with Gasteiger partial charge in [-0.2, -0.15) is 0 Å². The van der Waals surface area contributed by atoms with Gasteiger partial charge in [0.25, 0.3) is 11.5 Å². The minimum absolute atomic E-state index is 0.0591. The van der Waals surface area contributed by atoms with Crippen LogP contribution in [0.25, 0.3) is 16.7 Å². The van der Waals surface area contributed by atoms with Gasteiger partial charge in [0, 0.05) is 25.8 Å². The van der Waals surface area contributed by atoms with Crippen LogP contribution < -0.4 is 20.5 Å². The monoisotopic (exact) mass is 501 g/mol. The average Bonchev–Trinajstić information content (AvgIpc) is 2.92. The van der Waals surface area contributed by atoms with Crippen LogP contribution in [0.1, 0.15) is 35.7 Å². The van der Waals surface area contributed by atoms with Gasteiger partial charge in [0.2, 0.25) is 0 Å². The molecule has 0 atom stereocenters. The summed E-state index contributed by atoms with van der Waals surface area (Å²) >= 11 is 0. The van der Waals surface area contributed by atoms with Crippen molar-refractivity contribution in [2.24, 2.45) is 5.92 Å². The second-order valence-electron chi connectivity index (χ2n) is 9.56. The third kappa shape index (κ3) is 4.57. The number of fused-ring (bicyclic) bond motifs is 2. The van der Waals surface area contributed by atoms with Gasteiger partial charge < -0.3 is 18.9 Å². The number of nitrogens with zero attached hydrogens (tertiary/aromatic N) is 4. The highest BCUT2D eigenvalue weighted by Crippen LogP contribution is 2.28. The van der Waals surface area contributed by atoms with E-state index in [1.807, 2.05) is 24.3 Å². The zero-order valence-electron chi connectivity index (χ0n) is 21.4. The SMILES string of the molecule is COc1ccc(CCn2c(=N)c(C(=O)N3CCC(C)CC3)cc3c(=O)n4ccccc4nc32)cc1OC. The summed E-state index contributed by atoms with van der Waals surface area (Å²) in [6.07, 6.45) is 4.07. The van der Waals surface area contributed by atoms with Gasteiger partial charge in [-0.1, -0.05) is 19.1 Å². The number of amides is 1. The Bertz CT molecular complexity index is 1600. The standard InChI is InChI=1S/C28H31N5O4/c1-18-9-13-31(14-10-18)27(34)20-17-21-26(30-24-6-4-5-12-32(24)28(21)35)33(25(20)29)15-11-19-7-8-22(36-2)23(16-19)37-3/h4-8,12,16-18,29H,9-11,13-15H2,1-3H3. The summed E-state index contributed by atoms with van der Waals surface area (Å²) in [7, 11) is 3.18. The van der Waals surface area contributed by atoms with Gasteiger partial charge >= 0.3 is 0 Å². The van der Waals surface area contributed by atoms with Gasteiger partial charge in [-0.3, -0.25) is 19.4 Å². The molecule has 1 saturated heterocycles. The van der Waals surface area contributed by atoms with Gasteiger partial charge in [-0.25, -0.2) is 4.98 Å². The van der Waals surface area contributed by atoms with E-state index in [4.69, 9.17) is 19.9 Å². The molecular formula is C28H31N5O4. The molecule has 0 radical (unpaired) electrons. The van der Waals surface area contributed by atoms with Gasteiger partial charge in [-0.05, 0) is 61.1 Å². The smallest absolute Gasteiger partial charge is 0.267 e. The molecule has 4 heterocycles. The number of nitrogens with one attached hydrogen (secondary N) is 1. The predicted octanol–water partition coefficient (Wildman–Crippen LogP) is 3.26. The van der Waals surface area contributed by atoms with E-state index < -0.39 is 0 Å². The molecule has 3 aromatic heterocycles. The largest absolute Gasteiger partial charge is 0.493 e. The zero-order valence-corrected chi connectivity index (χ0v) is 21.4. The molecule has 1 N–H and O–H groups in total. The van der Waals surface area contributed by atoms with E-state index in [9.17, 15) is 9.59 Å². The van der Waals surface area contributed by atoms with Crippen molar-refractivity contribution >= 4 is 22.6 Å². The summed E-state index contributed by atoms with van der Waals surface area (Å²) in [6, 6.07) is 12.6. The third-order valence-electron chi connectivity index (χ3n) is 7.19. The van der Waals surface area contributed by atoms with Crippen LogP contribution in [0.2, 0.25) is 0 Å². The molecule has 1 amide bonds. The molecule has 1 aromatic carbocycles. The summed E-state index contributed by atoms with van der Waals surface area (Å²) in [4.78, 5) is 33.6. The molecule has 0 aliphatic carbocycles. The molecule has 9 nitrogen and oxygen atoms in total. The Labute approximate surface area is 214 Å². The van der Waals surface area contributed by atoms with Crippen LogP contribution in [0.15, 0.2) is 53.5 Å². The number of carbonyl (C=O) groups is 1. The topological polar surface area (TPSA) is 102 Å². The van der Waals surface area contributed by atoms with Crippen LogP contribution in [0.5, 0.6) is 11.5 Å². The molecule has 192 valence electrons. The lowest BCUT2D eigenvalue weighted by Gasteiger charge is -2.30. The highest BCUT2D eigenvalue weighted by atomic mass is 16.5. The van der Waals surface area contributed by atoms with Gasteiger partial charge in [0.1, 0.15) is 16.8 Å². The van der Waals surface area contributed by atoms with Crippen molar-refractivity contribution in [2.45, 2.75) is 32.7 Å². The number of likely N-dealkylation sites (tertiary alicyclic amines) is 1. The number of methoxy groups -OCH3 is 2. The predicted molar refractivity (Wildman–Crippen MR) is 140 cm³/mol. The first kappa shape index (κ1) is 24.5. The summed E-state index contributed by atoms with van der Waals surface area (Å²) in [5.41, 5.74) is 1.88. The second-order valence-corrected chi connectivity index (χ2v) is 9.56. The maximum Gasteiger partial charge on any atom is 0.267 e. The van der Waals surface area contributed by atoms with E-state index in [1.54, 1.807) is 48.1 Å². The van der Waals surface area contributed by atoms with Crippen LogP contribution in [-0.2, 0) is 13.0 Å². The lowest BCUT2D eigenvalue weighted by Crippen LogP contribution is -2.41. The molecular weight excluding hydrogens is 470 g/mol. The Morgan fingerprint density at radius 3 is 2.57 bits per heavy atom. The van der Waals surface area contributed by atoms with Crippen molar-refractivity contribution in [3.8, 4) is 11.5 Å². The molecule has 0 saturated carbocycles. The fraction of sp³-hybridized carbons (Fsp3) is 0.357. The Hall–Kier alpha value is -4.14. The Morgan fingerprint density at radius 1 is 1.08 bits per heavy atom. The normalized spacial score (nSPS) is 14.3. The van der Waals surface area contributed by atoms with Crippen LogP contribution in [0.3, 0.4) is 0 Å². The molecule has 1 aliphatic rings. The summed E-state index contributed by atoms with van der Waals surface area (Å²) in [5, 5.41) is 9.35. The number of piperidine rings is 1. The quantitative estimate of drug-likeness (QED) is 0.409. The molecule has 0 bridgehead atoms. The van der Waals surface area contributed by atoms with E-state index >= 15 is 0 Å². The zero-order chi connectivity index (χ0) is 26.1. The number of aryl methyl sites for hydroxylation is 2. The van der Waals surface area contributed by atoms with Crippen molar-refractivity contribution < 1.29 is 14.3 Å². The van der Waals surface area contributed by atoms with E-state index in [-0.39, 0.29) is 22.5 Å². The van der Waals surface area contributed by atoms with Crippen molar-refractivity contribution in [1.82, 2.24) is 18.9 Å². The number of pyridine rings is 2. The molecule has 4 aromatic rings. The van der Waals surface area contributed by atoms with E-state index in [0.29, 0.717) is 60.2 Å². The highest BCUT2D eigenvalue weighted by Gasteiger charge is 2.25. The lowest BCUT2D eigenvalue weighted by atomic mass is 9.98. The Balaban J connectivity index is 1.63. The van der Waals surface area contributed by atoms with Crippen molar-refractivity contribution in [3.05, 3.63) is 75.6 Å². The third-order valence-corrected chi connectivity index (χ3v) is 7.19. The first-order chi connectivity index (χ1) is 17.9. The number of ether oxygens (including phenoxy) is 2. The average molecular weight is 502 g/mol. The molecule has 9 heteroatoms. The van der Waals surface area contributed by atoms with Gasteiger partial charge in [-0.15, -0.1) is 0 Å². The molecule has 1 aliphatic heterocycles. The van der Waals surface area contributed by atoms with Crippen molar-refractivity contribution in [2.75, 3.05) is 27.3 Å². The molecule has 0 unspecified atom stereocenters. The Kier molecular flexibility index (Phi) is 6.69. The highest BCUT2D eigenvalue weighted by molar-refractivity contribution is 5.97. The maximum absolute atomic E-state index is 13.6. The van der Waals surface area contributed by atoms with E-state index in [1.165, 1.54) is 4.40 Å². The van der Waals surface area contributed by atoms with Crippen LogP contribution in [-0.4, -0.2) is 52.1 Å². The van der Waals surface area contributed by atoms with Crippen LogP contribution >= 0.6 is 0 Å². The van der Waals surface area contributed by atoms with Crippen molar-refractivity contribution in [1.29, 1.82) is 5.41 Å². The number of aromatic nitrogens is 3. The lowest BCUT2D eigenvalue weighted by molar-refractivity contribution is 0.0694. The summed E-state index contributed by atoms with van der Waals surface area (Å²) < 4.78 is 13.9. The summed E-state index contributed by atoms with van der Waals surface area (Å²) in [5.74, 6) is 1.61. The minimum Gasteiger partial charge on any atom is -0.493 e. The van der Waals surface area contributed by atoms with Crippen LogP contribution in [0.4, 0.5) is 0 Å². The fourth-order valence-electron chi connectivity index (χ4n) is 4.93. The molecule has 1 fully saturated rings. The number of hydrogen-bond acceptors (Lipinski definition) is 6. The second kappa shape index (κ2) is 10.1. The molecule has 5 rings (SSSR count). The van der Waals surface area contributed by atoms with Crippen LogP contribution in [0, 0.1) is 11.3 Å². The number of rotatable bonds is 6.